The average Bonchev–Trinajstić information content (AvgIpc) is 3.67. The quantitative estimate of drug-likeness (QED) is 0.172. The van der Waals surface area contributed by atoms with Crippen molar-refractivity contribution in [1.82, 2.24) is 0 Å². The predicted molar refractivity (Wildman–Crippen MR) is 232 cm³/mol. The predicted octanol–water partition coefficient (Wildman–Crippen LogP) is 14.6. The molecule has 0 heterocycles. The van der Waals surface area contributed by atoms with E-state index in [1.165, 1.54) is 84.4 Å². The summed E-state index contributed by atoms with van der Waals surface area (Å²) < 4.78 is 0. The summed E-state index contributed by atoms with van der Waals surface area (Å²) in [4.78, 5) is 2.53. The van der Waals surface area contributed by atoms with Crippen molar-refractivity contribution in [2.45, 2.75) is 76.5 Å². The summed E-state index contributed by atoms with van der Waals surface area (Å²) in [7, 11) is 0. The number of hydrogen-bond acceptors (Lipinski definition) is 1. The van der Waals surface area contributed by atoms with E-state index in [0.717, 1.165) is 17.8 Å². The molecule has 0 atom stereocenters. The van der Waals surface area contributed by atoms with E-state index in [0.29, 0.717) is 5.92 Å². The first-order chi connectivity index (χ1) is 26.6. The minimum atomic E-state index is -0.441. The summed E-state index contributed by atoms with van der Waals surface area (Å²) in [6.45, 7) is 14.6. The molecule has 0 fully saturated rings. The van der Waals surface area contributed by atoms with Gasteiger partial charge in [-0.05, 0) is 133 Å². The summed E-state index contributed by atoms with van der Waals surface area (Å²) >= 11 is 0. The standard InChI is InChI=1S/C54H49N/c1-35(2)38-29-30-47-51(53(5,6)32-31-52(47,3)4)50(38)43-33-42-41-25-15-18-28-46(41)54(44-26-16-13-23-39(44)40-24-14-17-27-45(40)54)48(42)34-49(43)55(36-19-9-7-10-20-36)37-21-11-8-12-22-37/h7-30,33-35H,31-32H2,1-6H3. The molecule has 270 valence electrons. The number of para-hydroxylation sites is 2. The molecule has 0 aliphatic heterocycles. The fraction of sp³-hybridized carbons (Fsp3) is 0.222. The minimum Gasteiger partial charge on any atom is -0.310 e. The van der Waals surface area contributed by atoms with Crippen molar-refractivity contribution in [3.05, 3.63) is 197 Å². The highest BCUT2D eigenvalue weighted by atomic mass is 15.1. The van der Waals surface area contributed by atoms with E-state index in [9.17, 15) is 0 Å². The highest BCUT2D eigenvalue weighted by Crippen LogP contribution is 2.65. The Balaban J connectivity index is 1.41. The van der Waals surface area contributed by atoms with Crippen molar-refractivity contribution in [1.29, 1.82) is 0 Å². The van der Waals surface area contributed by atoms with Gasteiger partial charge in [0.05, 0.1) is 11.1 Å². The van der Waals surface area contributed by atoms with Crippen LogP contribution in [0.2, 0.25) is 0 Å². The number of rotatable bonds is 5. The molecule has 0 radical (unpaired) electrons. The van der Waals surface area contributed by atoms with E-state index in [1.807, 2.05) is 0 Å². The van der Waals surface area contributed by atoms with E-state index in [2.05, 4.69) is 204 Å². The molecule has 0 N–H and O–H groups in total. The second-order valence-corrected chi connectivity index (χ2v) is 17.7. The maximum Gasteiger partial charge on any atom is 0.0726 e. The zero-order valence-electron chi connectivity index (χ0n) is 32.9. The lowest BCUT2D eigenvalue weighted by Gasteiger charge is -2.44. The third kappa shape index (κ3) is 4.78. The highest BCUT2D eigenvalue weighted by Gasteiger charge is 2.52. The van der Waals surface area contributed by atoms with Crippen LogP contribution in [0.15, 0.2) is 158 Å². The third-order valence-corrected chi connectivity index (χ3v) is 13.3. The zero-order chi connectivity index (χ0) is 37.7. The maximum atomic E-state index is 2.61. The molecule has 7 aromatic carbocycles. The Morgan fingerprint density at radius 2 is 0.909 bits per heavy atom. The largest absolute Gasteiger partial charge is 0.310 e. The maximum absolute atomic E-state index is 2.61. The molecule has 0 bridgehead atoms. The Labute approximate surface area is 327 Å². The van der Waals surface area contributed by atoms with Crippen molar-refractivity contribution in [2.75, 3.05) is 4.90 Å². The van der Waals surface area contributed by atoms with Crippen LogP contribution < -0.4 is 4.90 Å². The van der Waals surface area contributed by atoms with Crippen molar-refractivity contribution in [3.63, 3.8) is 0 Å². The Morgan fingerprint density at radius 1 is 0.436 bits per heavy atom. The number of nitrogens with zero attached hydrogens (tertiary/aromatic N) is 1. The molecule has 1 nitrogen and oxygen atoms in total. The Hall–Kier alpha value is -5.66. The molecule has 0 saturated carbocycles. The zero-order valence-corrected chi connectivity index (χ0v) is 32.9. The second kappa shape index (κ2) is 12.2. The summed E-state index contributed by atoms with van der Waals surface area (Å²) in [5.41, 5.74) is 21.2. The van der Waals surface area contributed by atoms with E-state index >= 15 is 0 Å². The summed E-state index contributed by atoms with van der Waals surface area (Å²) in [6.07, 6.45) is 2.34. The minimum absolute atomic E-state index is 0.00809. The lowest BCUT2D eigenvalue weighted by molar-refractivity contribution is 0.332. The molecular formula is C54H49N. The van der Waals surface area contributed by atoms with Crippen LogP contribution in [0.1, 0.15) is 99.2 Å². The van der Waals surface area contributed by atoms with Gasteiger partial charge in [0.2, 0.25) is 0 Å². The van der Waals surface area contributed by atoms with Crippen LogP contribution in [-0.2, 0) is 16.2 Å². The Kier molecular flexibility index (Phi) is 7.50. The molecule has 0 unspecified atom stereocenters. The lowest BCUT2D eigenvalue weighted by Crippen LogP contribution is -2.35. The van der Waals surface area contributed by atoms with Crippen LogP contribution >= 0.6 is 0 Å². The van der Waals surface area contributed by atoms with E-state index in [4.69, 9.17) is 0 Å². The number of benzene rings is 7. The molecule has 10 rings (SSSR count). The summed E-state index contributed by atoms with van der Waals surface area (Å²) in [6, 6.07) is 59.7. The van der Waals surface area contributed by atoms with Crippen LogP contribution in [-0.4, -0.2) is 0 Å². The van der Waals surface area contributed by atoms with Gasteiger partial charge in [-0.1, -0.05) is 163 Å². The molecule has 0 saturated heterocycles. The first-order valence-corrected chi connectivity index (χ1v) is 20.2. The fourth-order valence-corrected chi connectivity index (χ4v) is 10.6. The first-order valence-electron chi connectivity index (χ1n) is 20.2. The number of anilines is 3. The van der Waals surface area contributed by atoms with Gasteiger partial charge in [0.1, 0.15) is 0 Å². The Morgan fingerprint density at radius 3 is 1.44 bits per heavy atom. The van der Waals surface area contributed by atoms with Crippen molar-refractivity contribution in [3.8, 4) is 33.4 Å². The molecule has 0 aromatic heterocycles. The van der Waals surface area contributed by atoms with Crippen LogP contribution in [0.5, 0.6) is 0 Å². The van der Waals surface area contributed by atoms with Gasteiger partial charge in [-0.25, -0.2) is 0 Å². The van der Waals surface area contributed by atoms with Gasteiger partial charge in [-0.2, -0.15) is 0 Å². The van der Waals surface area contributed by atoms with Crippen molar-refractivity contribution >= 4 is 17.1 Å². The normalized spacial score (nSPS) is 16.3. The average molecular weight is 712 g/mol. The van der Waals surface area contributed by atoms with Crippen LogP contribution in [0.25, 0.3) is 33.4 Å². The van der Waals surface area contributed by atoms with Crippen molar-refractivity contribution in [2.24, 2.45) is 0 Å². The highest BCUT2D eigenvalue weighted by molar-refractivity contribution is 6.01. The van der Waals surface area contributed by atoms with Crippen LogP contribution in [0.3, 0.4) is 0 Å². The van der Waals surface area contributed by atoms with Gasteiger partial charge in [0.25, 0.3) is 0 Å². The summed E-state index contributed by atoms with van der Waals surface area (Å²) in [5.74, 6) is 0.344. The molecule has 7 aromatic rings. The summed E-state index contributed by atoms with van der Waals surface area (Å²) in [5, 5.41) is 0. The number of hydrogen-bond donors (Lipinski definition) is 0. The van der Waals surface area contributed by atoms with Gasteiger partial charge in [0.15, 0.2) is 0 Å². The smallest absolute Gasteiger partial charge is 0.0726 e. The molecule has 3 aliphatic rings. The van der Waals surface area contributed by atoms with Crippen LogP contribution in [0.4, 0.5) is 17.1 Å². The van der Waals surface area contributed by atoms with E-state index < -0.39 is 5.41 Å². The topological polar surface area (TPSA) is 3.24 Å². The van der Waals surface area contributed by atoms with Gasteiger partial charge >= 0.3 is 0 Å². The Bertz CT molecular complexity index is 2540. The third-order valence-electron chi connectivity index (χ3n) is 13.3. The second-order valence-electron chi connectivity index (χ2n) is 17.7. The van der Waals surface area contributed by atoms with Gasteiger partial charge in [-0.3, -0.25) is 0 Å². The number of fused-ring (bicyclic) bond motifs is 11. The van der Waals surface area contributed by atoms with Gasteiger partial charge in [0, 0.05) is 16.9 Å². The molecule has 55 heavy (non-hydrogen) atoms. The molecule has 1 spiro atoms. The van der Waals surface area contributed by atoms with E-state index in [1.54, 1.807) is 0 Å². The van der Waals surface area contributed by atoms with E-state index in [-0.39, 0.29) is 10.8 Å². The van der Waals surface area contributed by atoms with Crippen LogP contribution in [0, 0.1) is 0 Å². The molecule has 0 amide bonds. The molecule has 1 heteroatoms. The molecular weight excluding hydrogens is 663 g/mol. The SMILES string of the molecule is CC(C)c1ccc2c(c1-c1cc3c(cc1N(c1ccccc1)c1ccccc1)C1(c4ccccc4-c4ccccc41)c1ccccc1-3)C(C)(C)CCC2(C)C. The fourth-order valence-electron chi connectivity index (χ4n) is 10.6. The van der Waals surface area contributed by atoms with Crippen molar-refractivity contribution < 1.29 is 0 Å². The van der Waals surface area contributed by atoms with Gasteiger partial charge in [-0.15, -0.1) is 0 Å². The van der Waals surface area contributed by atoms with Gasteiger partial charge < -0.3 is 4.90 Å². The monoisotopic (exact) mass is 711 g/mol. The molecule has 3 aliphatic carbocycles. The first kappa shape index (κ1) is 33.9. The lowest BCUT2D eigenvalue weighted by atomic mass is 9.60.